The number of hydrogen-bond acceptors (Lipinski definition) is 3. The van der Waals surface area contributed by atoms with Gasteiger partial charge in [0, 0.05) is 23.5 Å². The van der Waals surface area contributed by atoms with Gasteiger partial charge in [-0.25, -0.2) is 0 Å². The van der Waals surface area contributed by atoms with Crippen molar-refractivity contribution in [2.24, 2.45) is 0 Å². The smallest absolute Gasteiger partial charge is 0.268 e. The highest BCUT2D eigenvalue weighted by Gasteiger charge is 2.26. The Hall–Kier alpha value is -3.70. The zero-order valence-corrected chi connectivity index (χ0v) is 17.6. The van der Waals surface area contributed by atoms with Crippen LogP contribution in [0, 0.1) is 0 Å². The van der Waals surface area contributed by atoms with Crippen LogP contribution in [-0.4, -0.2) is 18.4 Å². The Morgan fingerprint density at radius 2 is 1.61 bits per heavy atom. The summed E-state index contributed by atoms with van der Waals surface area (Å²) in [6.45, 7) is 0.657. The first-order valence-electron chi connectivity index (χ1n) is 10.1. The van der Waals surface area contributed by atoms with Crippen molar-refractivity contribution in [3.05, 3.63) is 106 Å². The first-order valence-corrected chi connectivity index (χ1v) is 11.0. The molecule has 152 valence electrons. The zero-order chi connectivity index (χ0) is 21.2. The Bertz CT molecular complexity index is 1230. The Labute approximate surface area is 184 Å². The molecule has 0 saturated carbocycles. The summed E-state index contributed by atoms with van der Waals surface area (Å²) in [5.41, 5.74) is 5.44. The van der Waals surface area contributed by atoms with Crippen molar-refractivity contribution in [3.8, 4) is 11.1 Å². The molecular formula is C26H20N2O2S. The predicted octanol–water partition coefficient (Wildman–Crippen LogP) is 5.87. The van der Waals surface area contributed by atoms with Gasteiger partial charge in [0.1, 0.15) is 0 Å². The first-order chi connectivity index (χ1) is 15.2. The third-order valence-electron chi connectivity index (χ3n) is 5.47. The van der Waals surface area contributed by atoms with Crippen LogP contribution in [-0.2, 0) is 6.42 Å². The standard InChI is InChI=1S/C26H20N2O2S/c29-25(21-10-8-19(9-11-21)18-5-2-1-3-6-18)27-22-13-12-20-14-15-28(23(20)17-22)26(30)24-7-4-16-31-24/h1-13,16-17H,14-15H2,(H,27,29). The summed E-state index contributed by atoms with van der Waals surface area (Å²) in [5.74, 6) is -0.164. The number of thiophene rings is 1. The summed E-state index contributed by atoms with van der Waals surface area (Å²) in [7, 11) is 0. The molecule has 2 amide bonds. The molecule has 0 unspecified atom stereocenters. The van der Waals surface area contributed by atoms with E-state index in [2.05, 4.69) is 5.32 Å². The number of nitrogens with zero attached hydrogens (tertiary/aromatic N) is 1. The minimum absolute atomic E-state index is 0.00808. The van der Waals surface area contributed by atoms with Crippen molar-refractivity contribution < 1.29 is 9.59 Å². The lowest BCUT2D eigenvalue weighted by Gasteiger charge is -2.17. The molecule has 1 aliphatic rings. The molecule has 1 aromatic heterocycles. The average molecular weight is 425 g/mol. The number of nitrogens with one attached hydrogen (secondary N) is 1. The van der Waals surface area contributed by atoms with E-state index in [-0.39, 0.29) is 11.8 Å². The summed E-state index contributed by atoms with van der Waals surface area (Å²) in [6, 6.07) is 27.1. The minimum Gasteiger partial charge on any atom is -0.322 e. The molecule has 0 saturated heterocycles. The van der Waals surface area contributed by atoms with Gasteiger partial charge in [-0.15, -0.1) is 11.3 Å². The van der Waals surface area contributed by atoms with Crippen molar-refractivity contribution in [1.29, 1.82) is 0 Å². The van der Waals surface area contributed by atoms with E-state index >= 15 is 0 Å². The van der Waals surface area contributed by atoms with Crippen molar-refractivity contribution in [2.75, 3.05) is 16.8 Å². The summed E-state index contributed by atoms with van der Waals surface area (Å²) in [5, 5.41) is 4.87. The molecule has 0 bridgehead atoms. The summed E-state index contributed by atoms with van der Waals surface area (Å²) in [6.07, 6.45) is 0.821. The van der Waals surface area contributed by atoms with E-state index in [0.717, 1.165) is 33.7 Å². The van der Waals surface area contributed by atoms with Gasteiger partial charge >= 0.3 is 0 Å². The van der Waals surface area contributed by atoms with Gasteiger partial charge in [0.05, 0.1) is 4.88 Å². The Morgan fingerprint density at radius 3 is 2.35 bits per heavy atom. The molecular weight excluding hydrogens is 404 g/mol. The van der Waals surface area contributed by atoms with Gasteiger partial charge in [0.2, 0.25) is 0 Å². The van der Waals surface area contributed by atoms with Crippen molar-refractivity contribution in [2.45, 2.75) is 6.42 Å². The van der Waals surface area contributed by atoms with Crippen LogP contribution in [0.1, 0.15) is 25.6 Å². The van der Waals surface area contributed by atoms with Gasteiger partial charge in [0.15, 0.2) is 0 Å². The molecule has 0 aliphatic carbocycles. The molecule has 4 nitrogen and oxygen atoms in total. The number of carbonyl (C=O) groups is 2. The maximum atomic E-state index is 12.8. The second kappa shape index (κ2) is 8.20. The molecule has 0 spiro atoms. The van der Waals surface area contributed by atoms with Gasteiger partial charge in [-0.05, 0) is 58.8 Å². The van der Waals surface area contributed by atoms with Crippen LogP contribution in [0.2, 0.25) is 0 Å². The Balaban J connectivity index is 1.33. The number of amides is 2. The minimum atomic E-state index is -0.173. The first kappa shape index (κ1) is 19.3. The fourth-order valence-electron chi connectivity index (χ4n) is 3.85. The van der Waals surface area contributed by atoms with Crippen LogP contribution < -0.4 is 10.2 Å². The van der Waals surface area contributed by atoms with E-state index in [9.17, 15) is 9.59 Å². The number of benzene rings is 3. The fourth-order valence-corrected chi connectivity index (χ4v) is 4.52. The van der Waals surface area contributed by atoms with Crippen LogP contribution in [0.4, 0.5) is 11.4 Å². The number of rotatable bonds is 4. The molecule has 2 heterocycles. The fraction of sp³-hybridized carbons (Fsp3) is 0.0769. The Kier molecular flexibility index (Phi) is 5.10. The number of anilines is 2. The number of carbonyl (C=O) groups excluding carboxylic acids is 2. The molecule has 31 heavy (non-hydrogen) atoms. The van der Waals surface area contributed by atoms with Gasteiger partial charge < -0.3 is 10.2 Å². The summed E-state index contributed by atoms with van der Waals surface area (Å²) in [4.78, 5) is 28.1. The normalized spacial score (nSPS) is 12.5. The highest BCUT2D eigenvalue weighted by atomic mass is 32.1. The lowest BCUT2D eigenvalue weighted by atomic mass is 10.0. The van der Waals surface area contributed by atoms with Crippen LogP contribution in [0.3, 0.4) is 0 Å². The van der Waals surface area contributed by atoms with E-state index in [4.69, 9.17) is 0 Å². The zero-order valence-electron chi connectivity index (χ0n) is 16.7. The average Bonchev–Trinajstić information content (AvgIpc) is 3.49. The van der Waals surface area contributed by atoms with Gasteiger partial charge in [-0.3, -0.25) is 9.59 Å². The molecule has 0 atom stereocenters. The lowest BCUT2D eigenvalue weighted by Crippen LogP contribution is -2.28. The van der Waals surface area contributed by atoms with Gasteiger partial charge in [-0.2, -0.15) is 0 Å². The van der Waals surface area contributed by atoms with Crippen molar-refractivity contribution in [1.82, 2.24) is 0 Å². The lowest BCUT2D eigenvalue weighted by molar-refractivity contribution is 0.0991. The Morgan fingerprint density at radius 1 is 0.839 bits per heavy atom. The van der Waals surface area contributed by atoms with Crippen molar-refractivity contribution >= 4 is 34.5 Å². The largest absolute Gasteiger partial charge is 0.322 e. The third-order valence-corrected chi connectivity index (χ3v) is 6.33. The second-order valence-electron chi connectivity index (χ2n) is 7.43. The molecule has 1 aliphatic heterocycles. The third kappa shape index (κ3) is 3.88. The summed E-state index contributed by atoms with van der Waals surface area (Å²) >= 11 is 1.44. The van der Waals surface area contributed by atoms with Crippen LogP contribution >= 0.6 is 11.3 Å². The second-order valence-corrected chi connectivity index (χ2v) is 8.37. The monoisotopic (exact) mass is 424 g/mol. The maximum Gasteiger partial charge on any atom is 0.268 e. The molecule has 5 rings (SSSR count). The van der Waals surface area contributed by atoms with E-state index in [1.54, 1.807) is 4.90 Å². The molecule has 1 N–H and O–H groups in total. The van der Waals surface area contributed by atoms with E-state index in [1.165, 1.54) is 11.3 Å². The van der Waals surface area contributed by atoms with Crippen molar-refractivity contribution in [3.63, 3.8) is 0 Å². The quantitative estimate of drug-likeness (QED) is 0.445. The molecule has 4 aromatic rings. The van der Waals surface area contributed by atoms with Crippen LogP contribution in [0.5, 0.6) is 0 Å². The molecule has 0 radical (unpaired) electrons. The van der Waals surface area contributed by atoms with Crippen LogP contribution in [0.25, 0.3) is 11.1 Å². The molecule has 0 fully saturated rings. The number of fused-ring (bicyclic) bond motifs is 1. The van der Waals surface area contributed by atoms with Crippen LogP contribution in [0.15, 0.2) is 90.3 Å². The van der Waals surface area contributed by atoms with E-state index in [0.29, 0.717) is 17.8 Å². The maximum absolute atomic E-state index is 12.8. The number of hydrogen-bond donors (Lipinski definition) is 1. The SMILES string of the molecule is O=C(Nc1ccc2c(c1)N(C(=O)c1cccs1)CC2)c1ccc(-c2ccccc2)cc1. The highest BCUT2D eigenvalue weighted by molar-refractivity contribution is 7.12. The molecule has 5 heteroatoms. The molecule has 3 aromatic carbocycles. The van der Waals surface area contributed by atoms with Gasteiger partial charge in [0.25, 0.3) is 11.8 Å². The van der Waals surface area contributed by atoms with Gasteiger partial charge in [-0.1, -0.05) is 54.6 Å². The highest BCUT2D eigenvalue weighted by Crippen LogP contribution is 2.33. The summed E-state index contributed by atoms with van der Waals surface area (Å²) < 4.78 is 0. The van der Waals surface area contributed by atoms with E-state index in [1.807, 2.05) is 90.3 Å². The topological polar surface area (TPSA) is 49.4 Å². The van der Waals surface area contributed by atoms with E-state index < -0.39 is 0 Å². The predicted molar refractivity (Wildman–Crippen MR) is 126 cm³/mol.